The second kappa shape index (κ2) is 10.3. The van der Waals surface area contributed by atoms with E-state index in [-0.39, 0.29) is 24.0 Å². The van der Waals surface area contributed by atoms with Crippen LogP contribution < -0.4 is 10.0 Å². The average molecular weight is 480 g/mol. The Morgan fingerprint density at radius 3 is 2.56 bits per heavy atom. The molecule has 1 atom stereocenters. The topological polar surface area (TPSA) is 73.8 Å². The summed E-state index contributed by atoms with van der Waals surface area (Å²) in [5, 5.41) is 3.24. The number of aliphatic imine (C=N–C) groups is 1. The van der Waals surface area contributed by atoms with Crippen molar-refractivity contribution in [2.45, 2.75) is 31.6 Å². The molecule has 1 aromatic rings. The lowest BCUT2D eigenvalue weighted by Crippen LogP contribution is -2.47. The molecule has 0 amide bonds. The highest BCUT2D eigenvalue weighted by molar-refractivity contribution is 14.0. The summed E-state index contributed by atoms with van der Waals surface area (Å²) in [6.07, 6.45) is 2.42. The Balaban J connectivity index is 0.00000312. The van der Waals surface area contributed by atoms with Crippen LogP contribution >= 0.6 is 24.0 Å². The van der Waals surface area contributed by atoms with Gasteiger partial charge in [-0.1, -0.05) is 24.6 Å². The minimum absolute atomic E-state index is 0. The lowest BCUT2D eigenvalue weighted by atomic mass is 10.0. The number of hydrogen-bond donors (Lipinski definition) is 2. The van der Waals surface area contributed by atoms with Crippen LogP contribution in [0.1, 0.15) is 25.3 Å². The van der Waals surface area contributed by atoms with Gasteiger partial charge in [0.25, 0.3) is 0 Å². The molecule has 1 aliphatic heterocycles. The molecule has 0 aromatic heterocycles. The number of sulfonamides is 1. The van der Waals surface area contributed by atoms with E-state index >= 15 is 0 Å². The Kier molecular flexibility index (Phi) is 9.15. The van der Waals surface area contributed by atoms with Gasteiger partial charge in [-0.3, -0.25) is 4.99 Å². The first-order valence-corrected chi connectivity index (χ1v) is 9.92. The number of aryl methyl sites for hydroxylation is 1. The molecule has 0 radical (unpaired) electrons. The standard InChI is InChI=1S/C17H28N4O2S.HI/c1-14-6-8-16(9-7-14)24(22,23)20-11-10-19-17(18-3)21-12-4-5-15(2)13-21;/h6-9,15,20H,4-5,10-13H2,1-3H3,(H,18,19);1H. The van der Waals surface area contributed by atoms with Crippen LogP contribution in [0.2, 0.25) is 0 Å². The first kappa shape index (κ1) is 22.2. The normalized spacial score (nSPS) is 18.6. The summed E-state index contributed by atoms with van der Waals surface area (Å²) in [5.74, 6) is 1.51. The smallest absolute Gasteiger partial charge is 0.240 e. The van der Waals surface area contributed by atoms with E-state index in [0.29, 0.717) is 23.9 Å². The van der Waals surface area contributed by atoms with Crippen LogP contribution in [-0.2, 0) is 10.0 Å². The molecule has 1 fully saturated rings. The van der Waals surface area contributed by atoms with Crippen LogP contribution in [0.3, 0.4) is 0 Å². The average Bonchev–Trinajstić information content (AvgIpc) is 2.55. The van der Waals surface area contributed by atoms with Crippen LogP contribution in [0.15, 0.2) is 34.2 Å². The number of hydrogen-bond acceptors (Lipinski definition) is 3. The zero-order chi connectivity index (χ0) is 17.6. The Bertz CT molecular complexity index is 662. The highest BCUT2D eigenvalue weighted by Gasteiger charge is 2.19. The number of likely N-dealkylation sites (tertiary alicyclic amines) is 1. The van der Waals surface area contributed by atoms with Crippen molar-refractivity contribution in [2.75, 3.05) is 33.2 Å². The molecular weight excluding hydrogens is 451 g/mol. The Morgan fingerprint density at radius 2 is 1.96 bits per heavy atom. The first-order valence-electron chi connectivity index (χ1n) is 8.44. The van der Waals surface area contributed by atoms with Gasteiger partial charge in [0.2, 0.25) is 10.0 Å². The minimum Gasteiger partial charge on any atom is -0.355 e. The molecule has 2 rings (SSSR count). The van der Waals surface area contributed by atoms with Gasteiger partial charge in [-0.15, -0.1) is 24.0 Å². The summed E-state index contributed by atoms with van der Waals surface area (Å²) in [7, 11) is -1.70. The first-order chi connectivity index (χ1) is 11.4. The van der Waals surface area contributed by atoms with Gasteiger partial charge < -0.3 is 10.2 Å². The van der Waals surface area contributed by atoms with Crippen molar-refractivity contribution in [1.82, 2.24) is 14.9 Å². The number of nitrogens with one attached hydrogen (secondary N) is 2. The van der Waals surface area contributed by atoms with E-state index in [1.807, 2.05) is 6.92 Å². The number of nitrogens with zero attached hydrogens (tertiary/aromatic N) is 2. The lowest BCUT2D eigenvalue weighted by molar-refractivity contribution is 0.266. The van der Waals surface area contributed by atoms with E-state index in [9.17, 15) is 8.42 Å². The largest absolute Gasteiger partial charge is 0.355 e. The molecule has 1 unspecified atom stereocenters. The highest BCUT2D eigenvalue weighted by atomic mass is 127. The van der Waals surface area contributed by atoms with Crippen molar-refractivity contribution in [2.24, 2.45) is 10.9 Å². The minimum atomic E-state index is -3.46. The molecule has 0 spiro atoms. The molecule has 1 aliphatic rings. The number of rotatable bonds is 5. The molecule has 0 saturated carbocycles. The van der Waals surface area contributed by atoms with E-state index < -0.39 is 10.0 Å². The molecule has 0 aliphatic carbocycles. The molecule has 25 heavy (non-hydrogen) atoms. The maximum absolute atomic E-state index is 12.2. The van der Waals surface area contributed by atoms with E-state index in [0.717, 1.165) is 24.6 Å². The Labute approximate surface area is 168 Å². The summed E-state index contributed by atoms with van der Waals surface area (Å²) < 4.78 is 27.1. The quantitative estimate of drug-likeness (QED) is 0.294. The monoisotopic (exact) mass is 480 g/mol. The molecule has 1 aromatic carbocycles. The Morgan fingerprint density at radius 1 is 1.28 bits per heavy atom. The molecule has 142 valence electrons. The molecule has 6 nitrogen and oxygen atoms in total. The summed E-state index contributed by atoms with van der Waals surface area (Å²) >= 11 is 0. The number of benzene rings is 1. The van der Waals surface area contributed by atoms with E-state index in [4.69, 9.17) is 0 Å². The third-order valence-electron chi connectivity index (χ3n) is 4.20. The van der Waals surface area contributed by atoms with Crippen LogP contribution in [0.5, 0.6) is 0 Å². The van der Waals surface area contributed by atoms with Crippen LogP contribution in [0, 0.1) is 12.8 Å². The fourth-order valence-electron chi connectivity index (χ4n) is 2.87. The number of guanidine groups is 1. The van der Waals surface area contributed by atoms with Gasteiger partial charge in [-0.2, -0.15) is 0 Å². The van der Waals surface area contributed by atoms with Gasteiger partial charge >= 0.3 is 0 Å². The summed E-state index contributed by atoms with van der Waals surface area (Å²) in [5.41, 5.74) is 1.04. The predicted molar refractivity (Wildman–Crippen MR) is 113 cm³/mol. The third kappa shape index (κ3) is 6.74. The van der Waals surface area contributed by atoms with Crippen molar-refractivity contribution in [3.8, 4) is 0 Å². The third-order valence-corrected chi connectivity index (χ3v) is 5.68. The van der Waals surface area contributed by atoms with Gasteiger partial charge in [-0.25, -0.2) is 13.1 Å². The van der Waals surface area contributed by atoms with Crippen molar-refractivity contribution in [3.05, 3.63) is 29.8 Å². The SMILES string of the molecule is CN=C(NCCNS(=O)(=O)c1ccc(C)cc1)N1CCCC(C)C1.I. The second-order valence-electron chi connectivity index (χ2n) is 6.38. The van der Waals surface area contributed by atoms with Crippen molar-refractivity contribution in [3.63, 3.8) is 0 Å². The van der Waals surface area contributed by atoms with Crippen molar-refractivity contribution < 1.29 is 8.42 Å². The summed E-state index contributed by atoms with van der Waals surface area (Å²) in [4.78, 5) is 6.83. The zero-order valence-electron chi connectivity index (χ0n) is 15.2. The maximum Gasteiger partial charge on any atom is 0.240 e. The van der Waals surface area contributed by atoms with Crippen LogP contribution in [0.25, 0.3) is 0 Å². The van der Waals surface area contributed by atoms with Gasteiger partial charge in [0.15, 0.2) is 5.96 Å². The van der Waals surface area contributed by atoms with Gasteiger partial charge in [0.05, 0.1) is 4.90 Å². The molecule has 8 heteroatoms. The zero-order valence-corrected chi connectivity index (χ0v) is 18.3. The van der Waals surface area contributed by atoms with Crippen LogP contribution in [0.4, 0.5) is 0 Å². The fraction of sp³-hybridized carbons (Fsp3) is 0.588. The van der Waals surface area contributed by atoms with E-state index in [1.54, 1.807) is 31.3 Å². The molecule has 1 heterocycles. The number of halogens is 1. The number of piperidine rings is 1. The van der Waals surface area contributed by atoms with Crippen molar-refractivity contribution in [1.29, 1.82) is 0 Å². The fourth-order valence-corrected chi connectivity index (χ4v) is 3.91. The van der Waals surface area contributed by atoms with Gasteiger partial charge in [0.1, 0.15) is 0 Å². The predicted octanol–water partition coefficient (Wildman–Crippen LogP) is 2.20. The maximum atomic E-state index is 12.2. The van der Waals surface area contributed by atoms with Crippen LogP contribution in [-0.4, -0.2) is 52.5 Å². The Hall–Kier alpha value is -0.870. The second-order valence-corrected chi connectivity index (χ2v) is 8.15. The lowest BCUT2D eigenvalue weighted by Gasteiger charge is -2.33. The summed E-state index contributed by atoms with van der Waals surface area (Å²) in [6, 6.07) is 6.84. The molecular formula is C17H29IN4O2S. The molecule has 1 saturated heterocycles. The van der Waals surface area contributed by atoms with Gasteiger partial charge in [-0.05, 0) is 37.8 Å². The van der Waals surface area contributed by atoms with Crippen molar-refractivity contribution >= 4 is 40.0 Å². The van der Waals surface area contributed by atoms with E-state index in [2.05, 4.69) is 26.9 Å². The van der Waals surface area contributed by atoms with Gasteiger partial charge in [0, 0.05) is 33.2 Å². The molecule has 2 N–H and O–H groups in total. The highest BCUT2D eigenvalue weighted by Crippen LogP contribution is 2.15. The summed E-state index contributed by atoms with van der Waals surface area (Å²) in [6.45, 7) is 6.99. The molecule has 0 bridgehead atoms. The van der Waals surface area contributed by atoms with E-state index in [1.165, 1.54) is 12.8 Å².